The van der Waals surface area contributed by atoms with Gasteiger partial charge in [0.25, 0.3) is 0 Å². The third-order valence-electron chi connectivity index (χ3n) is 3.36. The van der Waals surface area contributed by atoms with Crippen molar-refractivity contribution >= 4 is 35.0 Å². The van der Waals surface area contributed by atoms with Crippen LogP contribution in [0.25, 0.3) is 0 Å². The van der Waals surface area contributed by atoms with Crippen LogP contribution in [0, 0.1) is 0 Å². The molecule has 0 saturated heterocycles. The molecule has 1 aromatic carbocycles. The van der Waals surface area contributed by atoms with Crippen molar-refractivity contribution in [3.63, 3.8) is 0 Å². The van der Waals surface area contributed by atoms with Crippen molar-refractivity contribution < 1.29 is 9.59 Å². The number of nitrogens with zero attached hydrogens (tertiary/aromatic N) is 1. The summed E-state index contributed by atoms with van der Waals surface area (Å²) in [6.45, 7) is 9.36. The molecule has 0 aromatic heterocycles. The molecule has 0 aliphatic rings. The van der Waals surface area contributed by atoms with E-state index in [1.54, 1.807) is 32.0 Å². The van der Waals surface area contributed by atoms with Gasteiger partial charge in [-0.3, -0.25) is 9.59 Å². The fourth-order valence-corrected chi connectivity index (χ4v) is 2.63. The first-order valence-corrected chi connectivity index (χ1v) is 8.36. The van der Waals surface area contributed by atoms with Crippen LogP contribution in [0.5, 0.6) is 0 Å². The Hall–Kier alpha value is -1.26. The van der Waals surface area contributed by atoms with Gasteiger partial charge in [0.05, 0.1) is 0 Å². The largest absolute Gasteiger partial charge is 0.350 e. The van der Waals surface area contributed by atoms with Crippen molar-refractivity contribution in [3.05, 3.63) is 33.8 Å². The van der Waals surface area contributed by atoms with E-state index in [0.29, 0.717) is 22.0 Å². The average molecular weight is 359 g/mol. The molecule has 0 saturated carbocycles. The summed E-state index contributed by atoms with van der Waals surface area (Å²) in [6, 6.07) is 4.57. The molecule has 1 unspecified atom stereocenters. The van der Waals surface area contributed by atoms with Gasteiger partial charge in [0.1, 0.15) is 6.04 Å². The van der Waals surface area contributed by atoms with Crippen molar-refractivity contribution in [1.82, 2.24) is 10.2 Å². The Morgan fingerprint density at radius 3 is 2.17 bits per heavy atom. The van der Waals surface area contributed by atoms with Crippen LogP contribution in [0.15, 0.2) is 18.2 Å². The number of carbonyl (C=O) groups excluding carboxylic acids is 2. The molecule has 0 bridgehead atoms. The fraction of sp³-hybridized carbons (Fsp3) is 0.529. The Balaban J connectivity index is 3.06. The van der Waals surface area contributed by atoms with Gasteiger partial charge in [-0.2, -0.15) is 0 Å². The molecule has 0 aliphatic heterocycles. The topological polar surface area (TPSA) is 49.4 Å². The third-order valence-corrected chi connectivity index (χ3v) is 4.07. The highest BCUT2D eigenvalue weighted by Gasteiger charge is 2.28. The number of benzene rings is 1. The van der Waals surface area contributed by atoms with Crippen molar-refractivity contribution in [3.8, 4) is 0 Å². The molecule has 4 nitrogen and oxygen atoms in total. The maximum atomic E-state index is 12.4. The van der Waals surface area contributed by atoms with Crippen LogP contribution in [0.1, 0.15) is 46.6 Å². The van der Waals surface area contributed by atoms with E-state index < -0.39 is 6.04 Å². The van der Waals surface area contributed by atoms with Crippen LogP contribution in [0.4, 0.5) is 0 Å². The molecule has 1 rings (SSSR count). The Morgan fingerprint density at radius 1 is 1.22 bits per heavy atom. The van der Waals surface area contributed by atoms with E-state index in [1.807, 2.05) is 20.8 Å². The Morgan fingerprint density at radius 2 is 1.74 bits per heavy atom. The van der Waals surface area contributed by atoms with E-state index in [2.05, 4.69) is 5.32 Å². The summed E-state index contributed by atoms with van der Waals surface area (Å²) < 4.78 is 0. The lowest BCUT2D eigenvalue weighted by molar-refractivity contribution is -0.141. The lowest BCUT2D eigenvalue weighted by Gasteiger charge is -2.31. The van der Waals surface area contributed by atoms with E-state index in [4.69, 9.17) is 23.2 Å². The summed E-state index contributed by atoms with van der Waals surface area (Å²) in [5.74, 6) is -0.333. The van der Waals surface area contributed by atoms with Crippen LogP contribution in [-0.4, -0.2) is 28.3 Å². The van der Waals surface area contributed by atoms with Crippen molar-refractivity contribution in [2.45, 2.75) is 59.2 Å². The molecule has 0 heterocycles. The second-order valence-electron chi connectivity index (χ2n) is 6.49. The van der Waals surface area contributed by atoms with Crippen molar-refractivity contribution in [1.29, 1.82) is 0 Å². The number of hydrogen-bond donors (Lipinski definition) is 1. The molecule has 6 heteroatoms. The standard InChI is InChI=1S/C17H24Cl2N2O2/c1-6-15(22)21(11(2)16(23)20-17(3,4)5)10-12-13(18)8-7-9-14(12)19/h7-9,11H,6,10H2,1-5H3,(H,20,23). The molecule has 2 amide bonds. The Bertz CT molecular complexity index is 562. The van der Waals surface area contributed by atoms with Gasteiger partial charge in [-0.15, -0.1) is 0 Å². The smallest absolute Gasteiger partial charge is 0.242 e. The van der Waals surface area contributed by atoms with Crippen LogP contribution < -0.4 is 5.32 Å². The number of amides is 2. The number of rotatable bonds is 5. The van der Waals surface area contributed by atoms with E-state index in [1.165, 1.54) is 4.90 Å². The zero-order valence-electron chi connectivity index (χ0n) is 14.2. The molecule has 0 radical (unpaired) electrons. The van der Waals surface area contributed by atoms with Crippen LogP contribution in [0.2, 0.25) is 10.0 Å². The second kappa shape index (κ2) is 8.02. The van der Waals surface area contributed by atoms with Gasteiger partial charge in [0.2, 0.25) is 11.8 Å². The average Bonchev–Trinajstić information content (AvgIpc) is 2.44. The highest BCUT2D eigenvalue weighted by molar-refractivity contribution is 6.36. The molecule has 0 fully saturated rings. The molecule has 1 aromatic rings. The van der Waals surface area contributed by atoms with Gasteiger partial charge in [-0.1, -0.05) is 36.2 Å². The molecule has 1 N–H and O–H groups in total. The van der Waals surface area contributed by atoms with Gasteiger partial charge in [0, 0.05) is 34.1 Å². The zero-order valence-corrected chi connectivity index (χ0v) is 15.8. The van der Waals surface area contributed by atoms with Gasteiger partial charge >= 0.3 is 0 Å². The molecule has 0 aliphatic carbocycles. The van der Waals surface area contributed by atoms with Crippen molar-refractivity contribution in [2.24, 2.45) is 0 Å². The predicted octanol–water partition coefficient (Wildman–Crippen LogP) is 4.04. The monoisotopic (exact) mass is 358 g/mol. The minimum Gasteiger partial charge on any atom is -0.350 e. The quantitative estimate of drug-likeness (QED) is 0.863. The lowest BCUT2D eigenvalue weighted by Crippen LogP contribution is -2.52. The van der Waals surface area contributed by atoms with Crippen LogP contribution in [0.3, 0.4) is 0 Å². The molecular formula is C17H24Cl2N2O2. The molecule has 0 spiro atoms. The highest BCUT2D eigenvalue weighted by Crippen LogP contribution is 2.26. The van der Waals surface area contributed by atoms with E-state index >= 15 is 0 Å². The maximum absolute atomic E-state index is 12.4. The Labute approximate surface area is 148 Å². The number of hydrogen-bond acceptors (Lipinski definition) is 2. The summed E-state index contributed by atoms with van der Waals surface area (Å²) in [5.41, 5.74) is 0.280. The summed E-state index contributed by atoms with van der Waals surface area (Å²) >= 11 is 12.4. The van der Waals surface area contributed by atoms with E-state index in [-0.39, 0.29) is 23.9 Å². The molecule has 1 atom stereocenters. The lowest BCUT2D eigenvalue weighted by atomic mass is 10.1. The predicted molar refractivity (Wildman–Crippen MR) is 94.7 cm³/mol. The number of nitrogens with one attached hydrogen (secondary N) is 1. The minimum absolute atomic E-state index is 0.127. The Kier molecular flexibility index (Phi) is 6.90. The second-order valence-corrected chi connectivity index (χ2v) is 7.31. The van der Waals surface area contributed by atoms with E-state index in [9.17, 15) is 9.59 Å². The highest BCUT2D eigenvalue weighted by atomic mass is 35.5. The van der Waals surface area contributed by atoms with Gasteiger partial charge in [-0.05, 0) is 39.8 Å². The number of carbonyl (C=O) groups is 2. The maximum Gasteiger partial charge on any atom is 0.242 e. The van der Waals surface area contributed by atoms with Gasteiger partial charge < -0.3 is 10.2 Å². The first kappa shape index (κ1) is 19.8. The van der Waals surface area contributed by atoms with Gasteiger partial charge in [-0.25, -0.2) is 0 Å². The molecule has 128 valence electrons. The fourth-order valence-electron chi connectivity index (χ4n) is 2.11. The third kappa shape index (κ3) is 5.70. The minimum atomic E-state index is -0.617. The van der Waals surface area contributed by atoms with Crippen LogP contribution in [-0.2, 0) is 16.1 Å². The van der Waals surface area contributed by atoms with Gasteiger partial charge in [0.15, 0.2) is 0 Å². The number of halogens is 2. The summed E-state index contributed by atoms with van der Waals surface area (Å²) in [5, 5.41) is 3.86. The zero-order chi connectivity index (χ0) is 17.8. The first-order valence-electron chi connectivity index (χ1n) is 7.61. The SMILES string of the molecule is CCC(=O)N(Cc1c(Cl)cccc1Cl)C(C)C(=O)NC(C)(C)C. The van der Waals surface area contributed by atoms with Crippen LogP contribution >= 0.6 is 23.2 Å². The van der Waals surface area contributed by atoms with E-state index in [0.717, 1.165) is 0 Å². The normalized spacial score (nSPS) is 12.7. The first-order chi connectivity index (χ1) is 10.6. The molecule has 23 heavy (non-hydrogen) atoms. The molecular weight excluding hydrogens is 335 g/mol. The summed E-state index contributed by atoms with van der Waals surface area (Å²) in [7, 11) is 0. The van der Waals surface area contributed by atoms with Crippen molar-refractivity contribution in [2.75, 3.05) is 0 Å². The summed E-state index contributed by atoms with van der Waals surface area (Å²) in [6.07, 6.45) is 0.301. The summed E-state index contributed by atoms with van der Waals surface area (Å²) in [4.78, 5) is 26.2.